The van der Waals surface area contributed by atoms with Crippen LogP contribution in [0.1, 0.15) is 52.4 Å². The van der Waals surface area contributed by atoms with Crippen molar-refractivity contribution in [3.05, 3.63) is 0 Å². The van der Waals surface area contributed by atoms with Crippen molar-refractivity contribution >= 4 is 21.7 Å². The van der Waals surface area contributed by atoms with Crippen molar-refractivity contribution in [2.45, 2.75) is 57.6 Å². The van der Waals surface area contributed by atoms with Crippen molar-refractivity contribution in [1.82, 2.24) is 10.2 Å². The zero-order valence-electron chi connectivity index (χ0n) is 14.5. The average Bonchev–Trinajstić information content (AvgIpc) is 2.53. The van der Waals surface area contributed by atoms with Gasteiger partial charge in [-0.05, 0) is 25.7 Å². The van der Waals surface area contributed by atoms with Gasteiger partial charge in [-0.2, -0.15) is 0 Å². The number of sulfone groups is 1. The van der Waals surface area contributed by atoms with Gasteiger partial charge in [0.25, 0.3) is 0 Å². The fourth-order valence-corrected chi connectivity index (χ4v) is 4.83. The summed E-state index contributed by atoms with van der Waals surface area (Å²) in [5.41, 5.74) is 0. The molecule has 1 heterocycles. The minimum Gasteiger partial charge on any atom is -0.358 e. The summed E-state index contributed by atoms with van der Waals surface area (Å²) < 4.78 is 24.4. The molecular weight excluding hydrogens is 316 g/mol. The molecule has 0 aromatic heterocycles. The van der Waals surface area contributed by atoms with Gasteiger partial charge in [0.15, 0.2) is 9.84 Å². The van der Waals surface area contributed by atoms with Gasteiger partial charge in [-0.25, -0.2) is 8.42 Å². The lowest BCUT2D eigenvalue weighted by molar-refractivity contribution is -0.137. The monoisotopic (exact) mass is 346 g/mol. The van der Waals surface area contributed by atoms with Gasteiger partial charge in [0, 0.05) is 26.1 Å². The smallest absolute Gasteiger partial charge is 0.234 e. The summed E-state index contributed by atoms with van der Waals surface area (Å²) in [4.78, 5) is 25.7. The highest BCUT2D eigenvalue weighted by molar-refractivity contribution is 7.92. The molecule has 2 amide bonds. The lowest BCUT2D eigenvalue weighted by Gasteiger charge is -2.34. The number of piperidine rings is 1. The number of likely N-dealkylation sites (tertiary alicyclic amines) is 1. The molecule has 0 aliphatic carbocycles. The van der Waals surface area contributed by atoms with E-state index in [1.807, 2.05) is 4.90 Å². The van der Waals surface area contributed by atoms with Crippen LogP contribution in [0.5, 0.6) is 0 Å². The second-order valence-electron chi connectivity index (χ2n) is 6.28. The summed E-state index contributed by atoms with van der Waals surface area (Å²) in [6.07, 6.45) is 4.59. The highest BCUT2D eigenvalue weighted by atomic mass is 32.2. The molecule has 0 radical (unpaired) electrons. The van der Waals surface area contributed by atoms with E-state index in [-0.39, 0.29) is 11.8 Å². The normalized spacial score (nSPS) is 16.6. The molecule has 0 atom stereocenters. The van der Waals surface area contributed by atoms with Crippen LogP contribution in [-0.2, 0) is 19.4 Å². The third-order valence-electron chi connectivity index (χ3n) is 4.50. The van der Waals surface area contributed by atoms with Crippen LogP contribution in [0, 0.1) is 5.92 Å². The van der Waals surface area contributed by atoms with E-state index < -0.39 is 26.7 Å². The molecule has 1 rings (SSSR count). The maximum atomic E-state index is 12.6. The predicted octanol–water partition coefficient (Wildman–Crippen LogP) is 1.35. The average molecular weight is 346 g/mol. The molecule has 0 spiro atoms. The van der Waals surface area contributed by atoms with Crippen molar-refractivity contribution < 1.29 is 18.0 Å². The molecule has 1 N–H and O–H groups in total. The number of rotatable bonds is 8. The molecule has 1 fully saturated rings. The molecule has 6 nitrogen and oxygen atoms in total. The van der Waals surface area contributed by atoms with E-state index in [0.29, 0.717) is 25.9 Å². The molecule has 23 heavy (non-hydrogen) atoms. The highest BCUT2D eigenvalue weighted by Gasteiger charge is 2.34. The van der Waals surface area contributed by atoms with Gasteiger partial charge >= 0.3 is 0 Å². The molecule has 134 valence electrons. The quantitative estimate of drug-likeness (QED) is 0.719. The maximum Gasteiger partial charge on any atom is 0.234 e. The van der Waals surface area contributed by atoms with E-state index in [4.69, 9.17) is 0 Å². The third-order valence-corrected chi connectivity index (χ3v) is 6.65. The maximum absolute atomic E-state index is 12.6. The van der Waals surface area contributed by atoms with E-state index in [2.05, 4.69) is 19.2 Å². The van der Waals surface area contributed by atoms with Crippen LogP contribution in [0.2, 0.25) is 0 Å². The van der Waals surface area contributed by atoms with E-state index in [0.717, 1.165) is 25.7 Å². The Morgan fingerprint density at radius 2 is 1.65 bits per heavy atom. The number of nitrogens with zero attached hydrogens (tertiary/aromatic N) is 1. The predicted molar refractivity (Wildman–Crippen MR) is 90.8 cm³/mol. The van der Waals surface area contributed by atoms with Crippen LogP contribution in [0.3, 0.4) is 0 Å². The first kappa shape index (κ1) is 19.9. The third kappa shape index (κ3) is 5.79. The fraction of sp³-hybridized carbons (Fsp3) is 0.875. The first-order valence-electron chi connectivity index (χ1n) is 8.56. The second kappa shape index (κ2) is 9.25. The van der Waals surface area contributed by atoms with E-state index in [1.54, 1.807) is 0 Å². The van der Waals surface area contributed by atoms with Crippen LogP contribution < -0.4 is 5.32 Å². The second-order valence-corrected chi connectivity index (χ2v) is 8.56. The zero-order chi connectivity index (χ0) is 17.5. The van der Waals surface area contributed by atoms with Crippen LogP contribution in [0.4, 0.5) is 0 Å². The van der Waals surface area contributed by atoms with Crippen molar-refractivity contribution in [2.24, 2.45) is 5.92 Å². The fourth-order valence-electron chi connectivity index (χ4n) is 3.15. The van der Waals surface area contributed by atoms with Gasteiger partial charge < -0.3 is 10.2 Å². The highest BCUT2D eigenvalue weighted by Crippen LogP contribution is 2.23. The molecule has 0 aromatic rings. The summed E-state index contributed by atoms with van der Waals surface area (Å²) in [5.74, 6) is -0.717. The van der Waals surface area contributed by atoms with Gasteiger partial charge in [-0.15, -0.1) is 0 Å². The lowest BCUT2D eigenvalue weighted by atomic mass is 9.95. The van der Waals surface area contributed by atoms with Gasteiger partial charge in [-0.1, -0.05) is 26.7 Å². The van der Waals surface area contributed by atoms with Crippen molar-refractivity contribution in [3.63, 3.8) is 0 Å². The summed E-state index contributed by atoms with van der Waals surface area (Å²) in [7, 11) is -2.00. The van der Waals surface area contributed by atoms with Crippen molar-refractivity contribution in [3.8, 4) is 0 Å². The molecule has 1 aliphatic heterocycles. The summed E-state index contributed by atoms with van der Waals surface area (Å²) in [6.45, 7) is 5.10. The van der Waals surface area contributed by atoms with Gasteiger partial charge in [-0.3, -0.25) is 9.59 Å². The summed E-state index contributed by atoms with van der Waals surface area (Å²) in [6, 6.07) is 0. The molecule has 1 saturated heterocycles. The minimum absolute atomic E-state index is 0.0593. The molecule has 0 unspecified atom stereocenters. The van der Waals surface area contributed by atoms with E-state index in [1.165, 1.54) is 7.05 Å². The topological polar surface area (TPSA) is 83.6 Å². The van der Waals surface area contributed by atoms with Gasteiger partial charge in [0.1, 0.15) is 5.75 Å². The zero-order valence-corrected chi connectivity index (χ0v) is 15.3. The lowest BCUT2D eigenvalue weighted by Crippen LogP contribution is -2.46. The number of hydrogen-bond donors (Lipinski definition) is 1. The van der Waals surface area contributed by atoms with Crippen LogP contribution >= 0.6 is 0 Å². The molecular formula is C16H30N2O4S. The Balaban J connectivity index is 2.60. The molecule has 7 heteroatoms. The Morgan fingerprint density at radius 3 is 2.09 bits per heavy atom. The Morgan fingerprint density at radius 1 is 1.13 bits per heavy atom. The number of nitrogens with one attached hydrogen (secondary N) is 1. The molecule has 0 bridgehead atoms. The van der Waals surface area contributed by atoms with Crippen LogP contribution in [0.15, 0.2) is 0 Å². The molecule has 0 saturated carbocycles. The first-order valence-corrected chi connectivity index (χ1v) is 10.3. The van der Waals surface area contributed by atoms with Gasteiger partial charge in [0.2, 0.25) is 11.8 Å². The van der Waals surface area contributed by atoms with Crippen molar-refractivity contribution in [2.75, 3.05) is 25.9 Å². The SMILES string of the molecule is CCCC(CCC)C(=O)N1CCC(S(=O)(=O)CC(=O)NC)CC1. The number of amides is 2. The number of carbonyl (C=O) groups is 2. The van der Waals surface area contributed by atoms with Gasteiger partial charge in [0.05, 0.1) is 5.25 Å². The van der Waals surface area contributed by atoms with E-state index >= 15 is 0 Å². The molecule has 1 aliphatic rings. The van der Waals surface area contributed by atoms with Crippen LogP contribution in [0.25, 0.3) is 0 Å². The Hall–Kier alpha value is -1.11. The van der Waals surface area contributed by atoms with Crippen molar-refractivity contribution in [1.29, 1.82) is 0 Å². The largest absolute Gasteiger partial charge is 0.358 e. The Labute approximate surface area is 139 Å². The standard InChI is InChI=1S/C16H30N2O4S/c1-4-6-13(7-5-2)16(20)18-10-8-14(9-11-18)23(21,22)12-15(19)17-3/h13-14H,4-12H2,1-3H3,(H,17,19). The number of carbonyl (C=O) groups excluding carboxylic acids is 2. The first-order chi connectivity index (χ1) is 10.9. The van der Waals surface area contributed by atoms with Crippen LogP contribution in [-0.4, -0.2) is 56.3 Å². The number of hydrogen-bond acceptors (Lipinski definition) is 4. The Kier molecular flexibility index (Phi) is 8.02. The summed E-state index contributed by atoms with van der Waals surface area (Å²) in [5, 5.41) is 1.83. The summed E-state index contributed by atoms with van der Waals surface area (Å²) >= 11 is 0. The minimum atomic E-state index is -3.43. The van der Waals surface area contributed by atoms with E-state index in [9.17, 15) is 18.0 Å². The molecule has 0 aromatic carbocycles. The Bertz CT molecular complexity index is 490.